The fourth-order valence-electron chi connectivity index (χ4n) is 7.57. The van der Waals surface area contributed by atoms with E-state index in [2.05, 4.69) is 32.6 Å². The molecule has 184 valence electrons. The van der Waals surface area contributed by atoms with Crippen LogP contribution in [0.25, 0.3) is 0 Å². The lowest BCUT2D eigenvalue weighted by Gasteiger charge is -2.45. The van der Waals surface area contributed by atoms with Gasteiger partial charge in [0, 0.05) is 6.42 Å². The highest BCUT2D eigenvalue weighted by atomic mass is 16.6. The number of rotatable bonds is 4. The average molecular weight is 459 g/mol. The second-order valence-corrected chi connectivity index (χ2v) is 11.8. The number of hydrogen-bond donors (Lipinski definition) is 3. The molecule has 3 saturated carbocycles. The first-order valence-corrected chi connectivity index (χ1v) is 12.9. The molecule has 8 atom stereocenters. The van der Waals surface area contributed by atoms with Crippen LogP contribution in [0.4, 0.5) is 0 Å². The van der Waals surface area contributed by atoms with Gasteiger partial charge in [-0.15, -0.1) is 0 Å². The van der Waals surface area contributed by atoms with Crippen LogP contribution in [0.2, 0.25) is 0 Å². The van der Waals surface area contributed by atoms with Crippen LogP contribution in [0, 0.1) is 29.1 Å². The standard InChI is InChI=1S/C28H42O5/c1-17(12-19-15-28(4,32)26(31)33-16-19)23-9-10-24-20(6-5-11-27(23,24)3)7-8-21-13-22(29)14-25(30)18(21)2/h7-8,17,19,22-25,29-30,32H,2,5-6,9-16H2,1,3-4H3/t17-,19-,22-,23-,24?,25+,27-,28+/m1/s1. The minimum atomic E-state index is -1.36. The van der Waals surface area contributed by atoms with Gasteiger partial charge in [-0.05, 0) is 98.5 Å². The molecule has 3 N–H and O–H groups in total. The second kappa shape index (κ2) is 9.31. The molecule has 0 bridgehead atoms. The van der Waals surface area contributed by atoms with Crippen LogP contribution >= 0.6 is 0 Å². The maximum absolute atomic E-state index is 11.8. The van der Waals surface area contributed by atoms with E-state index in [1.54, 1.807) is 6.92 Å². The lowest BCUT2D eigenvalue weighted by Crippen LogP contribution is -2.45. The lowest BCUT2D eigenvalue weighted by molar-refractivity contribution is -0.177. The molecular formula is C28H42O5. The summed E-state index contributed by atoms with van der Waals surface area (Å²) in [4.78, 5) is 11.8. The first-order valence-electron chi connectivity index (χ1n) is 12.9. The summed E-state index contributed by atoms with van der Waals surface area (Å²) < 4.78 is 5.28. The van der Waals surface area contributed by atoms with Gasteiger partial charge in [-0.1, -0.05) is 38.2 Å². The van der Waals surface area contributed by atoms with Crippen LogP contribution in [0.3, 0.4) is 0 Å². The summed E-state index contributed by atoms with van der Waals surface area (Å²) >= 11 is 0. The van der Waals surface area contributed by atoms with Gasteiger partial charge in [0.15, 0.2) is 5.60 Å². The van der Waals surface area contributed by atoms with Gasteiger partial charge in [-0.3, -0.25) is 0 Å². The zero-order valence-corrected chi connectivity index (χ0v) is 20.6. The predicted molar refractivity (Wildman–Crippen MR) is 128 cm³/mol. The van der Waals surface area contributed by atoms with Crippen LogP contribution in [0.5, 0.6) is 0 Å². The van der Waals surface area contributed by atoms with Crippen molar-refractivity contribution >= 4 is 5.97 Å². The zero-order chi connectivity index (χ0) is 24.0. The number of carbonyl (C=O) groups excluding carboxylic acids is 1. The quantitative estimate of drug-likeness (QED) is 0.541. The Morgan fingerprint density at radius 2 is 2.00 bits per heavy atom. The molecule has 0 aromatic heterocycles. The molecule has 0 radical (unpaired) electrons. The molecule has 0 amide bonds. The van der Waals surface area contributed by atoms with Gasteiger partial charge in [0.05, 0.1) is 18.8 Å². The highest BCUT2D eigenvalue weighted by Gasteiger charge is 2.51. The SMILES string of the molecule is C=C1C(=CC=C2CCC[C@@]3(C)C2CC[C@@H]3[C@H](C)C[C@H]2COC(=O)[C@@](C)(O)C2)C[C@@H](O)C[C@@H]1O. The number of aliphatic hydroxyl groups is 3. The van der Waals surface area contributed by atoms with Crippen LogP contribution in [0.1, 0.15) is 78.6 Å². The highest BCUT2D eigenvalue weighted by Crippen LogP contribution is 2.60. The first-order chi connectivity index (χ1) is 15.5. The smallest absolute Gasteiger partial charge is 0.337 e. The zero-order valence-electron chi connectivity index (χ0n) is 20.6. The van der Waals surface area contributed by atoms with Crippen molar-refractivity contribution in [3.05, 3.63) is 35.5 Å². The molecule has 4 fully saturated rings. The third-order valence-corrected chi connectivity index (χ3v) is 9.27. The van der Waals surface area contributed by atoms with Gasteiger partial charge >= 0.3 is 5.97 Å². The summed E-state index contributed by atoms with van der Waals surface area (Å²) in [5.74, 6) is 1.42. The Bertz CT molecular complexity index is 839. The minimum absolute atomic E-state index is 0.217. The number of esters is 1. The Labute approximate surface area is 198 Å². The fraction of sp³-hybridized carbons (Fsp3) is 0.750. The van der Waals surface area contributed by atoms with Crippen molar-refractivity contribution in [3.63, 3.8) is 0 Å². The van der Waals surface area contributed by atoms with Crippen molar-refractivity contribution < 1.29 is 24.9 Å². The predicted octanol–water partition coefficient (Wildman–Crippen LogP) is 4.47. The molecule has 0 aromatic carbocycles. The van der Waals surface area contributed by atoms with Gasteiger partial charge in [-0.25, -0.2) is 4.79 Å². The Morgan fingerprint density at radius 1 is 1.24 bits per heavy atom. The summed E-state index contributed by atoms with van der Waals surface area (Å²) in [6.07, 6.45) is 11.6. The monoisotopic (exact) mass is 458 g/mol. The molecule has 4 aliphatic rings. The normalized spacial score (nSPS) is 45.2. The third kappa shape index (κ3) is 4.87. The van der Waals surface area contributed by atoms with Crippen molar-refractivity contribution in [3.8, 4) is 0 Å². The summed E-state index contributed by atoms with van der Waals surface area (Å²) in [6.45, 7) is 10.9. The van der Waals surface area contributed by atoms with Crippen molar-refractivity contribution in [1.29, 1.82) is 0 Å². The third-order valence-electron chi connectivity index (χ3n) is 9.27. The van der Waals surface area contributed by atoms with Gasteiger partial charge in [-0.2, -0.15) is 0 Å². The largest absolute Gasteiger partial charge is 0.463 e. The van der Waals surface area contributed by atoms with Crippen LogP contribution < -0.4 is 0 Å². The van der Waals surface area contributed by atoms with E-state index in [1.807, 2.05) is 0 Å². The number of ether oxygens (including phenoxy) is 1. The second-order valence-electron chi connectivity index (χ2n) is 11.8. The summed E-state index contributed by atoms with van der Waals surface area (Å²) in [5.41, 5.74) is 2.13. The van der Waals surface area contributed by atoms with E-state index in [0.717, 1.165) is 24.0 Å². The van der Waals surface area contributed by atoms with E-state index in [4.69, 9.17) is 4.74 Å². The van der Waals surface area contributed by atoms with E-state index in [9.17, 15) is 20.1 Å². The van der Waals surface area contributed by atoms with E-state index < -0.39 is 23.8 Å². The lowest BCUT2D eigenvalue weighted by atomic mass is 9.60. The van der Waals surface area contributed by atoms with Gasteiger partial charge in [0.25, 0.3) is 0 Å². The molecule has 3 aliphatic carbocycles. The van der Waals surface area contributed by atoms with Gasteiger partial charge < -0.3 is 20.1 Å². The number of cyclic esters (lactones) is 1. The molecule has 33 heavy (non-hydrogen) atoms. The molecule has 0 aromatic rings. The van der Waals surface area contributed by atoms with Crippen molar-refractivity contribution in [2.45, 2.75) is 96.4 Å². The summed E-state index contributed by atoms with van der Waals surface area (Å²) in [5, 5.41) is 30.6. The molecule has 1 aliphatic heterocycles. The Balaban J connectivity index is 1.46. The van der Waals surface area contributed by atoms with Crippen molar-refractivity contribution in [2.75, 3.05) is 6.61 Å². The molecule has 4 rings (SSSR count). The average Bonchev–Trinajstić information content (AvgIpc) is 3.09. The molecule has 1 heterocycles. The Morgan fingerprint density at radius 3 is 2.73 bits per heavy atom. The number of allylic oxidation sites excluding steroid dienone is 3. The van der Waals surface area contributed by atoms with Crippen molar-refractivity contribution in [2.24, 2.45) is 29.1 Å². The van der Waals surface area contributed by atoms with Crippen LogP contribution in [-0.4, -0.2) is 45.7 Å². The molecular weight excluding hydrogens is 416 g/mol. The van der Waals surface area contributed by atoms with E-state index in [-0.39, 0.29) is 11.3 Å². The fourth-order valence-corrected chi connectivity index (χ4v) is 7.57. The van der Waals surface area contributed by atoms with Gasteiger partial charge in [0.2, 0.25) is 0 Å². The maximum atomic E-state index is 11.8. The van der Waals surface area contributed by atoms with E-state index >= 15 is 0 Å². The van der Waals surface area contributed by atoms with Gasteiger partial charge in [0.1, 0.15) is 0 Å². The van der Waals surface area contributed by atoms with E-state index in [0.29, 0.717) is 43.6 Å². The van der Waals surface area contributed by atoms with Crippen LogP contribution in [-0.2, 0) is 9.53 Å². The first kappa shape index (κ1) is 24.7. The minimum Gasteiger partial charge on any atom is -0.463 e. The Kier molecular flexibility index (Phi) is 6.97. The topological polar surface area (TPSA) is 87.0 Å². The molecule has 5 heteroatoms. The Hall–Kier alpha value is -1.43. The molecule has 5 nitrogen and oxygen atoms in total. The summed E-state index contributed by atoms with van der Waals surface area (Å²) in [6, 6.07) is 0. The van der Waals surface area contributed by atoms with Crippen molar-refractivity contribution in [1.82, 2.24) is 0 Å². The highest BCUT2D eigenvalue weighted by molar-refractivity contribution is 5.79. The molecule has 1 saturated heterocycles. The number of fused-ring (bicyclic) bond motifs is 1. The molecule has 1 unspecified atom stereocenters. The van der Waals surface area contributed by atoms with Crippen LogP contribution in [0.15, 0.2) is 35.5 Å². The maximum Gasteiger partial charge on any atom is 0.337 e. The summed E-state index contributed by atoms with van der Waals surface area (Å²) in [7, 11) is 0. The number of aliphatic hydroxyl groups excluding tert-OH is 2. The molecule has 0 spiro atoms. The number of carbonyl (C=O) groups is 1. The van der Waals surface area contributed by atoms with E-state index in [1.165, 1.54) is 31.3 Å². The number of hydrogen-bond acceptors (Lipinski definition) is 5.